The van der Waals surface area contributed by atoms with Crippen molar-refractivity contribution < 1.29 is 9.59 Å². The van der Waals surface area contributed by atoms with Gasteiger partial charge in [0.1, 0.15) is 5.70 Å². The van der Waals surface area contributed by atoms with Crippen LogP contribution in [0.5, 0.6) is 0 Å². The van der Waals surface area contributed by atoms with Crippen molar-refractivity contribution >= 4 is 40.6 Å². The lowest BCUT2D eigenvalue weighted by atomic mass is 9.78. The van der Waals surface area contributed by atoms with Crippen LogP contribution in [0.2, 0.25) is 0 Å². The normalized spacial score (nSPS) is 19.2. The Morgan fingerprint density at radius 2 is 2.03 bits per heavy atom. The number of piperazine rings is 1. The third kappa shape index (κ3) is 3.31. The van der Waals surface area contributed by atoms with E-state index in [9.17, 15) is 9.59 Å². The van der Waals surface area contributed by atoms with Crippen LogP contribution in [0.4, 0.5) is 23.1 Å². The van der Waals surface area contributed by atoms with Gasteiger partial charge in [0.2, 0.25) is 17.5 Å². The third-order valence-corrected chi connectivity index (χ3v) is 6.65. The molecule has 1 saturated heterocycles. The van der Waals surface area contributed by atoms with Gasteiger partial charge in [-0.3, -0.25) is 9.59 Å². The van der Waals surface area contributed by atoms with E-state index in [0.717, 1.165) is 24.3 Å². The van der Waals surface area contributed by atoms with E-state index >= 15 is 0 Å². The van der Waals surface area contributed by atoms with Gasteiger partial charge < -0.3 is 25.8 Å². The lowest BCUT2D eigenvalue weighted by Crippen LogP contribution is -2.54. The highest BCUT2D eigenvalue weighted by atomic mass is 16.2. The maximum absolute atomic E-state index is 12.3. The number of carbonyl (C=O) groups is 2. The first-order valence-corrected chi connectivity index (χ1v) is 11.3. The first-order chi connectivity index (χ1) is 16.4. The van der Waals surface area contributed by atoms with Crippen molar-refractivity contribution in [2.24, 2.45) is 0 Å². The Kier molecular flexibility index (Phi) is 4.48. The average molecular weight is 460 g/mol. The highest BCUT2D eigenvalue weighted by molar-refractivity contribution is 6.03. The molecule has 2 aromatic heterocycles. The van der Waals surface area contributed by atoms with Crippen LogP contribution in [-0.4, -0.2) is 62.5 Å². The predicted molar refractivity (Wildman–Crippen MR) is 127 cm³/mol. The fraction of sp³-hybridized carbons (Fsp3) is 0.348. The number of amides is 2. The molecule has 0 spiro atoms. The summed E-state index contributed by atoms with van der Waals surface area (Å²) in [7, 11) is 0. The molecular weight excluding hydrogens is 434 g/mol. The minimum Gasteiger partial charge on any atom is -0.385 e. The van der Waals surface area contributed by atoms with Crippen molar-refractivity contribution in [3.05, 3.63) is 48.1 Å². The Labute approximate surface area is 195 Å². The second-order valence-electron chi connectivity index (χ2n) is 9.34. The Morgan fingerprint density at radius 3 is 2.91 bits per heavy atom. The summed E-state index contributed by atoms with van der Waals surface area (Å²) < 4.78 is 1.65. The predicted octanol–water partition coefficient (Wildman–Crippen LogP) is 1.58. The lowest BCUT2D eigenvalue weighted by Gasteiger charge is -2.36. The van der Waals surface area contributed by atoms with Crippen molar-refractivity contribution in [2.45, 2.75) is 25.7 Å². The molecule has 34 heavy (non-hydrogen) atoms. The molecule has 1 fully saturated rings. The Bertz CT molecular complexity index is 1360. The number of nitrogens with one attached hydrogen (secondary N) is 3. The van der Waals surface area contributed by atoms with E-state index in [1.165, 1.54) is 10.5 Å². The van der Waals surface area contributed by atoms with Crippen molar-refractivity contribution in [3.8, 4) is 0 Å². The molecule has 2 amide bonds. The van der Waals surface area contributed by atoms with Gasteiger partial charge in [-0.2, -0.15) is 4.98 Å². The van der Waals surface area contributed by atoms with Crippen LogP contribution in [0.15, 0.2) is 42.5 Å². The van der Waals surface area contributed by atoms with E-state index in [-0.39, 0.29) is 23.8 Å². The standard InChI is InChI=1S/C23H25N9O2/c1-23(2)5-6-24-16-11-14(3-4-15(16)23)27-22-28-20-19(25-7-8-32(20)29-22)30-9-10-31-17(13-30)21(34)26-12-18(31)33/h3-4,7-8,11,13,24H,5-6,9-10,12H2,1-2H3,(H,26,34)(H,27,29). The van der Waals surface area contributed by atoms with E-state index in [2.05, 4.69) is 57.0 Å². The number of hydrogen-bond acceptors (Lipinski definition) is 8. The smallest absolute Gasteiger partial charge is 0.269 e. The van der Waals surface area contributed by atoms with Gasteiger partial charge in [-0.05, 0) is 29.5 Å². The topological polar surface area (TPSA) is 120 Å². The molecule has 3 aliphatic rings. The van der Waals surface area contributed by atoms with Gasteiger partial charge in [-0.1, -0.05) is 19.9 Å². The third-order valence-electron chi connectivity index (χ3n) is 6.65. The Balaban J connectivity index is 1.31. The van der Waals surface area contributed by atoms with Gasteiger partial charge in [0, 0.05) is 49.6 Å². The van der Waals surface area contributed by atoms with Crippen LogP contribution < -0.4 is 20.9 Å². The van der Waals surface area contributed by atoms with E-state index in [4.69, 9.17) is 0 Å². The summed E-state index contributed by atoms with van der Waals surface area (Å²) in [5, 5.41) is 13.9. The number of rotatable bonds is 3. The monoisotopic (exact) mass is 459 g/mol. The van der Waals surface area contributed by atoms with Gasteiger partial charge in [-0.15, -0.1) is 5.10 Å². The van der Waals surface area contributed by atoms with Gasteiger partial charge in [0.15, 0.2) is 5.82 Å². The van der Waals surface area contributed by atoms with Crippen LogP contribution in [0, 0.1) is 0 Å². The molecule has 11 nitrogen and oxygen atoms in total. The van der Waals surface area contributed by atoms with Crippen molar-refractivity contribution in [1.29, 1.82) is 0 Å². The van der Waals surface area contributed by atoms with Gasteiger partial charge in [-0.25, -0.2) is 9.50 Å². The van der Waals surface area contributed by atoms with Crippen LogP contribution >= 0.6 is 0 Å². The van der Waals surface area contributed by atoms with Gasteiger partial charge in [0.05, 0.1) is 6.54 Å². The van der Waals surface area contributed by atoms with E-state index in [1.807, 2.05) is 11.0 Å². The first kappa shape index (κ1) is 20.5. The molecule has 5 heterocycles. The summed E-state index contributed by atoms with van der Waals surface area (Å²) in [6.45, 7) is 6.39. The molecule has 3 aromatic rings. The molecule has 6 rings (SSSR count). The number of aromatic nitrogens is 4. The highest BCUT2D eigenvalue weighted by Crippen LogP contribution is 2.38. The highest BCUT2D eigenvalue weighted by Gasteiger charge is 2.33. The van der Waals surface area contributed by atoms with Gasteiger partial charge in [0.25, 0.3) is 5.91 Å². The molecule has 0 radical (unpaired) electrons. The maximum Gasteiger partial charge on any atom is 0.269 e. The molecule has 0 saturated carbocycles. The number of benzene rings is 1. The maximum atomic E-state index is 12.3. The molecule has 3 aliphatic heterocycles. The molecule has 0 bridgehead atoms. The molecule has 11 heteroatoms. The van der Waals surface area contributed by atoms with Gasteiger partial charge >= 0.3 is 0 Å². The minimum absolute atomic E-state index is 0.0267. The molecule has 0 atom stereocenters. The fourth-order valence-corrected chi connectivity index (χ4v) is 4.75. The molecular formula is C23H25N9O2. The summed E-state index contributed by atoms with van der Waals surface area (Å²) in [4.78, 5) is 36.9. The molecule has 0 aliphatic carbocycles. The minimum atomic E-state index is -0.274. The van der Waals surface area contributed by atoms with Crippen molar-refractivity contribution in [2.75, 3.05) is 41.7 Å². The number of anilines is 4. The quantitative estimate of drug-likeness (QED) is 0.540. The molecule has 174 valence electrons. The van der Waals surface area contributed by atoms with E-state index < -0.39 is 0 Å². The second-order valence-corrected chi connectivity index (χ2v) is 9.34. The summed E-state index contributed by atoms with van der Waals surface area (Å²) in [6, 6.07) is 6.28. The van der Waals surface area contributed by atoms with Crippen LogP contribution in [0.25, 0.3) is 5.65 Å². The van der Waals surface area contributed by atoms with E-state index in [1.54, 1.807) is 23.1 Å². The summed E-state index contributed by atoms with van der Waals surface area (Å²) in [6.07, 6.45) is 6.12. The summed E-state index contributed by atoms with van der Waals surface area (Å²) >= 11 is 0. The average Bonchev–Trinajstić information content (AvgIpc) is 3.23. The van der Waals surface area contributed by atoms with Crippen LogP contribution in [0.1, 0.15) is 25.8 Å². The lowest BCUT2D eigenvalue weighted by molar-refractivity contribution is -0.136. The zero-order chi connectivity index (χ0) is 23.4. The molecule has 0 unspecified atom stereocenters. The van der Waals surface area contributed by atoms with E-state index in [0.29, 0.717) is 36.2 Å². The summed E-state index contributed by atoms with van der Waals surface area (Å²) in [5.74, 6) is 0.619. The Hall–Kier alpha value is -4.15. The fourth-order valence-electron chi connectivity index (χ4n) is 4.75. The molecule has 3 N–H and O–H groups in total. The number of carbonyl (C=O) groups excluding carboxylic acids is 2. The first-order valence-electron chi connectivity index (χ1n) is 11.3. The molecule has 1 aromatic carbocycles. The number of hydrogen-bond donors (Lipinski definition) is 3. The zero-order valence-corrected chi connectivity index (χ0v) is 19.0. The second kappa shape index (κ2) is 7.44. The number of nitrogens with zero attached hydrogens (tertiary/aromatic N) is 6. The van der Waals surface area contributed by atoms with Crippen LogP contribution in [-0.2, 0) is 15.0 Å². The zero-order valence-electron chi connectivity index (χ0n) is 19.0. The van der Waals surface area contributed by atoms with Crippen molar-refractivity contribution in [1.82, 2.24) is 29.8 Å². The largest absolute Gasteiger partial charge is 0.385 e. The Morgan fingerprint density at radius 1 is 1.15 bits per heavy atom. The summed E-state index contributed by atoms with van der Waals surface area (Å²) in [5.41, 5.74) is 4.32. The van der Waals surface area contributed by atoms with Crippen molar-refractivity contribution in [3.63, 3.8) is 0 Å². The number of fused-ring (bicyclic) bond motifs is 3. The van der Waals surface area contributed by atoms with Crippen LogP contribution in [0.3, 0.4) is 0 Å². The SMILES string of the molecule is CC1(C)CCNc2cc(Nc3nc4c(N5C=C6C(=O)NCC(=O)N6CC5)nccn4n3)ccc21.